The van der Waals surface area contributed by atoms with E-state index in [1.807, 2.05) is 0 Å². The first-order valence-corrected chi connectivity index (χ1v) is 4.54. The van der Waals surface area contributed by atoms with Gasteiger partial charge in [0.2, 0.25) is 5.91 Å². The van der Waals surface area contributed by atoms with Crippen LogP contribution < -0.4 is 5.32 Å². The molecule has 1 rings (SSSR count). The number of hydrogen-bond donors (Lipinski definition) is 1. The van der Waals surface area contributed by atoms with Gasteiger partial charge in [-0.3, -0.25) is 4.79 Å². The van der Waals surface area contributed by atoms with Crippen molar-refractivity contribution in [2.24, 2.45) is 11.3 Å². The van der Waals surface area contributed by atoms with Crippen LogP contribution in [0.3, 0.4) is 0 Å². The predicted octanol–water partition coefficient (Wildman–Crippen LogP) is 1.95. The first-order chi connectivity index (χ1) is 5.22. The molecule has 0 aromatic heterocycles. The van der Waals surface area contributed by atoms with Crippen LogP contribution in [0.4, 0.5) is 0 Å². The minimum Gasteiger partial charge on any atom is -0.351 e. The van der Waals surface area contributed by atoms with Crippen LogP contribution in [0.15, 0.2) is 0 Å². The maximum Gasteiger partial charge on any atom is 0.224 e. The van der Waals surface area contributed by atoms with Crippen molar-refractivity contribution in [3.8, 4) is 0 Å². The zero-order valence-corrected chi connectivity index (χ0v) is 8.69. The normalized spacial score (nSPS) is 28.8. The van der Waals surface area contributed by atoms with E-state index in [-0.39, 0.29) is 22.8 Å². The Kier molecular flexibility index (Phi) is 1.97. The largest absolute Gasteiger partial charge is 0.351 e. The summed E-state index contributed by atoms with van der Waals surface area (Å²) in [6, 6.07) is 0. The number of nitrogens with one attached hydrogen (secondary N) is 1. The fourth-order valence-electron chi connectivity index (χ4n) is 1.77. The number of amides is 1. The van der Waals surface area contributed by atoms with Crippen LogP contribution in [0.5, 0.6) is 0 Å². The quantitative estimate of drug-likeness (QED) is 0.590. The van der Waals surface area contributed by atoms with Crippen molar-refractivity contribution in [1.29, 1.82) is 0 Å². The van der Waals surface area contributed by atoms with Crippen molar-refractivity contribution in [2.45, 2.75) is 46.6 Å². The third-order valence-electron chi connectivity index (χ3n) is 2.54. The molecule has 0 aromatic carbocycles. The van der Waals surface area contributed by atoms with Gasteiger partial charge in [-0.15, -0.1) is 0 Å². The standard InChI is InChI=1S/C10H19NO/c1-9(2,3)7-6-10(4,5)11-8(7)12/h7H,6H2,1-5H3,(H,11,12). The molecule has 0 radical (unpaired) electrons. The van der Waals surface area contributed by atoms with Crippen LogP contribution in [0, 0.1) is 11.3 Å². The summed E-state index contributed by atoms with van der Waals surface area (Å²) >= 11 is 0. The summed E-state index contributed by atoms with van der Waals surface area (Å²) in [7, 11) is 0. The maximum absolute atomic E-state index is 11.5. The smallest absolute Gasteiger partial charge is 0.224 e. The highest BCUT2D eigenvalue weighted by atomic mass is 16.2. The van der Waals surface area contributed by atoms with Crippen molar-refractivity contribution in [2.75, 3.05) is 0 Å². The van der Waals surface area contributed by atoms with Crippen LogP contribution in [0.25, 0.3) is 0 Å². The third kappa shape index (κ3) is 1.79. The van der Waals surface area contributed by atoms with E-state index >= 15 is 0 Å². The number of carbonyl (C=O) groups is 1. The number of carbonyl (C=O) groups excluding carboxylic acids is 1. The molecule has 1 unspecified atom stereocenters. The van der Waals surface area contributed by atoms with E-state index in [0.717, 1.165) is 6.42 Å². The van der Waals surface area contributed by atoms with Gasteiger partial charge in [-0.25, -0.2) is 0 Å². The van der Waals surface area contributed by atoms with Gasteiger partial charge in [0.25, 0.3) is 0 Å². The molecular formula is C10H19NO. The second-order valence-corrected chi connectivity index (χ2v) is 5.50. The lowest BCUT2D eigenvalue weighted by Gasteiger charge is -2.25. The Balaban J connectivity index is 2.78. The van der Waals surface area contributed by atoms with E-state index in [1.54, 1.807) is 0 Å². The van der Waals surface area contributed by atoms with Crippen molar-refractivity contribution in [1.82, 2.24) is 5.32 Å². The highest BCUT2D eigenvalue weighted by Gasteiger charge is 2.43. The molecule has 70 valence electrons. The Morgan fingerprint density at radius 2 is 1.92 bits per heavy atom. The van der Waals surface area contributed by atoms with Crippen molar-refractivity contribution in [3.05, 3.63) is 0 Å². The van der Waals surface area contributed by atoms with E-state index in [9.17, 15) is 4.79 Å². The molecule has 1 saturated heterocycles. The molecule has 2 nitrogen and oxygen atoms in total. The average molecular weight is 169 g/mol. The molecule has 2 heteroatoms. The van der Waals surface area contributed by atoms with E-state index in [1.165, 1.54) is 0 Å². The Labute approximate surface area is 74.7 Å². The minimum atomic E-state index is -0.00493. The Morgan fingerprint density at radius 3 is 2.08 bits per heavy atom. The summed E-state index contributed by atoms with van der Waals surface area (Å²) in [5.41, 5.74) is 0.0902. The van der Waals surface area contributed by atoms with Crippen molar-refractivity contribution < 1.29 is 4.79 Å². The maximum atomic E-state index is 11.5. The van der Waals surface area contributed by atoms with Gasteiger partial charge in [0.15, 0.2) is 0 Å². The van der Waals surface area contributed by atoms with Crippen LogP contribution >= 0.6 is 0 Å². The summed E-state index contributed by atoms with van der Waals surface area (Å²) in [4.78, 5) is 11.5. The molecule has 12 heavy (non-hydrogen) atoms. The molecule has 1 heterocycles. The monoisotopic (exact) mass is 169 g/mol. The second kappa shape index (κ2) is 2.48. The molecule has 1 amide bonds. The fraction of sp³-hybridized carbons (Fsp3) is 0.900. The molecule has 1 fully saturated rings. The minimum absolute atomic E-state index is 0.00493. The zero-order valence-electron chi connectivity index (χ0n) is 8.69. The van der Waals surface area contributed by atoms with Gasteiger partial charge in [0.05, 0.1) is 0 Å². The lowest BCUT2D eigenvalue weighted by atomic mass is 9.77. The molecular weight excluding hydrogens is 150 g/mol. The van der Waals surface area contributed by atoms with Gasteiger partial charge in [0, 0.05) is 11.5 Å². The van der Waals surface area contributed by atoms with E-state index < -0.39 is 0 Å². The third-order valence-corrected chi connectivity index (χ3v) is 2.54. The topological polar surface area (TPSA) is 29.1 Å². The zero-order chi connectivity index (χ0) is 9.57. The Hall–Kier alpha value is -0.530. The molecule has 1 atom stereocenters. The molecule has 1 N–H and O–H groups in total. The second-order valence-electron chi connectivity index (χ2n) is 5.50. The summed E-state index contributed by atoms with van der Waals surface area (Å²) in [6.07, 6.45) is 0.954. The molecule has 1 aliphatic rings. The van der Waals surface area contributed by atoms with Gasteiger partial charge in [-0.05, 0) is 25.7 Å². The van der Waals surface area contributed by atoms with E-state index in [2.05, 4.69) is 39.9 Å². The van der Waals surface area contributed by atoms with Gasteiger partial charge in [0.1, 0.15) is 0 Å². The van der Waals surface area contributed by atoms with Gasteiger partial charge < -0.3 is 5.32 Å². The van der Waals surface area contributed by atoms with Crippen molar-refractivity contribution in [3.63, 3.8) is 0 Å². The summed E-state index contributed by atoms with van der Waals surface area (Å²) in [5, 5.41) is 3.01. The van der Waals surface area contributed by atoms with Crippen molar-refractivity contribution >= 4 is 5.91 Å². The lowest BCUT2D eigenvalue weighted by Crippen LogP contribution is -2.35. The van der Waals surface area contributed by atoms with Crippen LogP contribution in [-0.4, -0.2) is 11.4 Å². The fourth-order valence-corrected chi connectivity index (χ4v) is 1.77. The first-order valence-electron chi connectivity index (χ1n) is 4.54. The number of hydrogen-bond acceptors (Lipinski definition) is 1. The van der Waals surface area contributed by atoms with Crippen LogP contribution in [-0.2, 0) is 4.79 Å². The molecule has 0 spiro atoms. The lowest BCUT2D eigenvalue weighted by molar-refractivity contribution is -0.125. The van der Waals surface area contributed by atoms with E-state index in [4.69, 9.17) is 0 Å². The molecule has 0 bridgehead atoms. The summed E-state index contributed by atoms with van der Waals surface area (Å²) < 4.78 is 0. The van der Waals surface area contributed by atoms with Gasteiger partial charge >= 0.3 is 0 Å². The molecule has 1 aliphatic heterocycles. The van der Waals surface area contributed by atoms with Crippen LogP contribution in [0.2, 0.25) is 0 Å². The van der Waals surface area contributed by atoms with Crippen LogP contribution in [0.1, 0.15) is 41.0 Å². The van der Waals surface area contributed by atoms with Gasteiger partial charge in [-0.2, -0.15) is 0 Å². The SMILES string of the molecule is CC1(C)CC(C(C)(C)C)C(=O)N1. The van der Waals surface area contributed by atoms with E-state index in [0.29, 0.717) is 0 Å². The van der Waals surface area contributed by atoms with Gasteiger partial charge in [-0.1, -0.05) is 20.8 Å². The Bertz CT molecular complexity index is 200. The first kappa shape index (κ1) is 9.56. The predicted molar refractivity (Wildman–Crippen MR) is 49.8 cm³/mol. The highest BCUT2D eigenvalue weighted by Crippen LogP contribution is 2.37. The molecule has 0 aromatic rings. The number of rotatable bonds is 0. The molecule has 0 aliphatic carbocycles. The summed E-state index contributed by atoms with van der Waals surface area (Å²) in [5.74, 6) is 0.389. The Morgan fingerprint density at radius 1 is 1.42 bits per heavy atom. The summed E-state index contributed by atoms with van der Waals surface area (Å²) in [6.45, 7) is 10.5. The average Bonchev–Trinajstić information content (AvgIpc) is 2.03. The highest BCUT2D eigenvalue weighted by molar-refractivity contribution is 5.82. The molecule has 0 saturated carbocycles.